The number of nitro groups is 1. The second-order valence-electron chi connectivity index (χ2n) is 5.60. The molecular weight excluding hydrogens is 270 g/mol. The minimum Gasteiger partial charge on any atom is -0.370 e. The highest BCUT2D eigenvalue weighted by atomic mass is 16.6. The van der Waals surface area contributed by atoms with Gasteiger partial charge in [0.1, 0.15) is 6.61 Å². The lowest BCUT2D eigenvalue weighted by Gasteiger charge is -2.28. The van der Waals surface area contributed by atoms with E-state index in [1.807, 2.05) is 0 Å². The first kappa shape index (κ1) is 15.6. The van der Waals surface area contributed by atoms with Crippen molar-refractivity contribution in [3.8, 4) is 0 Å². The molecule has 1 aromatic rings. The Hall–Kier alpha value is -1.75. The molecule has 1 aliphatic carbocycles. The van der Waals surface area contributed by atoms with Crippen LogP contribution in [0.2, 0.25) is 0 Å². The Balaban J connectivity index is 1.89. The molecule has 0 aromatic heterocycles. The highest BCUT2D eigenvalue weighted by Gasteiger charge is 2.22. The van der Waals surface area contributed by atoms with Crippen LogP contribution in [0.25, 0.3) is 0 Å². The lowest BCUT2D eigenvalue weighted by molar-refractivity contribution is -0.384. The number of ketones is 1. The summed E-state index contributed by atoms with van der Waals surface area (Å²) in [7, 11) is 0. The predicted molar refractivity (Wildman–Crippen MR) is 79.4 cm³/mol. The molecule has 0 aliphatic heterocycles. The first-order chi connectivity index (χ1) is 10.1. The third-order valence-corrected chi connectivity index (χ3v) is 4.14. The lowest BCUT2D eigenvalue weighted by Crippen LogP contribution is -2.25. The third kappa shape index (κ3) is 4.36. The average molecular weight is 291 g/mol. The van der Waals surface area contributed by atoms with Gasteiger partial charge in [-0.05, 0) is 18.8 Å². The molecule has 0 N–H and O–H groups in total. The van der Waals surface area contributed by atoms with Gasteiger partial charge in [-0.1, -0.05) is 38.3 Å². The Morgan fingerprint density at radius 3 is 2.95 bits per heavy atom. The van der Waals surface area contributed by atoms with E-state index in [-0.39, 0.29) is 24.2 Å². The van der Waals surface area contributed by atoms with E-state index in [9.17, 15) is 14.9 Å². The van der Waals surface area contributed by atoms with Crippen LogP contribution in [-0.2, 0) is 4.74 Å². The Morgan fingerprint density at radius 1 is 1.43 bits per heavy atom. The number of nitrogens with zero attached hydrogens (tertiary/aromatic N) is 1. The zero-order valence-electron chi connectivity index (χ0n) is 12.3. The number of rotatable bonds is 6. The van der Waals surface area contributed by atoms with Gasteiger partial charge >= 0.3 is 0 Å². The van der Waals surface area contributed by atoms with Crippen LogP contribution in [0.5, 0.6) is 0 Å². The molecule has 0 saturated heterocycles. The second-order valence-corrected chi connectivity index (χ2v) is 5.60. The zero-order valence-corrected chi connectivity index (χ0v) is 12.3. The number of carbonyl (C=O) groups excluding carboxylic acids is 1. The van der Waals surface area contributed by atoms with Crippen molar-refractivity contribution < 1.29 is 14.5 Å². The minimum absolute atomic E-state index is 0.00225. The molecule has 0 bridgehead atoms. The van der Waals surface area contributed by atoms with Crippen LogP contribution in [0.15, 0.2) is 24.3 Å². The summed E-state index contributed by atoms with van der Waals surface area (Å²) in [6, 6.07) is 5.81. The van der Waals surface area contributed by atoms with Crippen molar-refractivity contribution in [2.75, 3.05) is 6.61 Å². The van der Waals surface area contributed by atoms with E-state index in [4.69, 9.17) is 4.74 Å². The third-order valence-electron chi connectivity index (χ3n) is 4.14. The Bertz CT molecular complexity index is 515. The number of hydrogen-bond donors (Lipinski definition) is 0. The van der Waals surface area contributed by atoms with Crippen LogP contribution in [-0.4, -0.2) is 23.4 Å². The van der Waals surface area contributed by atoms with Gasteiger partial charge in [-0.15, -0.1) is 0 Å². The molecule has 0 heterocycles. The van der Waals surface area contributed by atoms with E-state index in [2.05, 4.69) is 6.92 Å². The first-order valence-electron chi connectivity index (χ1n) is 7.49. The number of non-ortho nitro benzene ring substituents is 1. The van der Waals surface area contributed by atoms with Crippen molar-refractivity contribution in [1.29, 1.82) is 0 Å². The quantitative estimate of drug-likeness (QED) is 0.454. The highest BCUT2D eigenvalue weighted by Crippen LogP contribution is 2.28. The second kappa shape index (κ2) is 7.31. The average Bonchev–Trinajstić information content (AvgIpc) is 2.53. The molecule has 2 rings (SSSR count). The molecule has 5 nitrogen and oxygen atoms in total. The van der Waals surface area contributed by atoms with Crippen molar-refractivity contribution in [1.82, 2.24) is 0 Å². The SMILES string of the molecule is CCC1CCCC(OCC(=O)c2cccc([N+](=O)[O-])c2)C1. The fourth-order valence-electron chi connectivity index (χ4n) is 2.83. The van der Waals surface area contributed by atoms with Crippen molar-refractivity contribution in [2.45, 2.75) is 45.1 Å². The number of hydrogen-bond acceptors (Lipinski definition) is 4. The molecule has 5 heteroatoms. The largest absolute Gasteiger partial charge is 0.370 e. The van der Waals surface area contributed by atoms with Gasteiger partial charge in [-0.3, -0.25) is 14.9 Å². The first-order valence-corrected chi connectivity index (χ1v) is 7.49. The van der Waals surface area contributed by atoms with Gasteiger partial charge in [0.2, 0.25) is 0 Å². The lowest BCUT2D eigenvalue weighted by atomic mass is 9.85. The van der Waals surface area contributed by atoms with Crippen molar-refractivity contribution in [3.05, 3.63) is 39.9 Å². The minimum atomic E-state index is -0.495. The van der Waals surface area contributed by atoms with Crippen LogP contribution >= 0.6 is 0 Å². The van der Waals surface area contributed by atoms with Gasteiger partial charge in [0, 0.05) is 17.7 Å². The van der Waals surface area contributed by atoms with E-state index in [0.717, 1.165) is 25.7 Å². The monoisotopic (exact) mass is 291 g/mol. The van der Waals surface area contributed by atoms with Crippen molar-refractivity contribution in [2.24, 2.45) is 5.92 Å². The molecular formula is C16H21NO4. The van der Waals surface area contributed by atoms with Gasteiger partial charge in [0.15, 0.2) is 5.78 Å². The van der Waals surface area contributed by atoms with Gasteiger partial charge in [0.05, 0.1) is 11.0 Å². The topological polar surface area (TPSA) is 69.4 Å². The number of carbonyl (C=O) groups is 1. The molecule has 1 aromatic carbocycles. The smallest absolute Gasteiger partial charge is 0.270 e. The van der Waals surface area contributed by atoms with Crippen LogP contribution in [0, 0.1) is 16.0 Å². The summed E-state index contributed by atoms with van der Waals surface area (Å²) in [6.07, 6.45) is 5.70. The number of benzene rings is 1. The van der Waals surface area contributed by atoms with Crippen LogP contribution in [0.3, 0.4) is 0 Å². The molecule has 2 unspecified atom stereocenters. The fourth-order valence-corrected chi connectivity index (χ4v) is 2.83. The van der Waals surface area contributed by atoms with Gasteiger partial charge < -0.3 is 4.74 Å². The summed E-state index contributed by atoms with van der Waals surface area (Å²) in [5, 5.41) is 10.7. The normalized spacial score (nSPS) is 22.0. The number of ether oxygens (including phenoxy) is 1. The summed E-state index contributed by atoms with van der Waals surface area (Å²) in [5.74, 6) is 0.494. The molecule has 2 atom stereocenters. The van der Waals surface area contributed by atoms with Crippen molar-refractivity contribution in [3.63, 3.8) is 0 Å². The van der Waals surface area contributed by atoms with Gasteiger partial charge in [-0.25, -0.2) is 0 Å². The van der Waals surface area contributed by atoms with Gasteiger partial charge in [0.25, 0.3) is 5.69 Å². The predicted octanol–water partition coefficient (Wildman–Crippen LogP) is 3.76. The van der Waals surface area contributed by atoms with Crippen LogP contribution in [0.4, 0.5) is 5.69 Å². The zero-order chi connectivity index (χ0) is 15.2. The molecule has 1 aliphatic rings. The van der Waals surface area contributed by atoms with E-state index < -0.39 is 4.92 Å². The Labute approximate surface area is 124 Å². The summed E-state index contributed by atoms with van der Waals surface area (Å²) in [4.78, 5) is 22.3. The van der Waals surface area contributed by atoms with E-state index >= 15 is 0 Å². The molecule has 1 fully saturated rings. The number of Topliss-reactive ketones (excluding diaryl/α,β-unsaturated/α-hetero) is 1. The van der Waals surface area contributed by atoms with E-state index in [1.165, 1.54) is 24.6 Å². The van der Waals surface area contributed by atoms with Crippen LogP contribution in [0.1, 0.15) is 49.4 Å². The standard InChI is InChI=1S/C16H21NO4/c1-2-12-5-3-8-15(9-12)21-11-16(18)13-6-4-7-14(10-13)17(19)20/h4,6-7,10,12,15H,2-3,5,8-9,11H2,1H3. The summed E-state index contributed by atoms with van der Waals surface area (Å²) in [6.45, 7) is 2.18. The summed E-state index contributed by atoms with van der Waals surface area (Å²) >= 11 is 0. The molecule has 114 valence electrons. The molecule has 21 heavy (non-hydrogen) atoms. The molecule has 0 spiro atoms. The van der Waals surface area contributed by atoms with E-state index in [0.29, 0.717) is 11.5 Å². The fraction of sp³-hybridized carbons (Fsp3) is 0.562. The highest BCUT2D eigenvalue weighted by molar-refractivity contribution is 5.97. The maximum atomic E-state index is 12.1. The van der Waals surface area contributed by atoms with Gasteiger partial charge in [-0.2, -0.15) is 0 Å². The maximum absolute atomic E-state index is 12.1. The molecule has 0 amide bonds. The summed E-state index contributed by atoms with van der Waals surface area (Å²) < 4.78 is 5.71. The van der Waals surface area contributed by atoms with E-state index in [1.54, 1.807) is 6.07 Å². The van der Waals surface area contributed by atoms with Crippen molar-refractivity contribution >= 4 is 11.5 Å². The summed E-state index contributed by atoms with van der Waals surface area (Å²) in [5.41, 5.74) is 0.275. The maximum Gasteiger partial charge on any atom is 0.270 e. The Morgan fingerprint density at radius 2 is 2.24 bits per heavy atom. The van der Waals surface area contributed by atoms with Crippen LogP contribution < -0.4 is 0 Å². The Kier molecular flexibility index (Phi) is 5.44. The number of nitro benzene ring substituents is 1. The molecule has 0 radical (unpaired) electrons. The molecule has 1 saturated carbocycles.